The Morgan fingerprint density at radius 1 is 0.926 bits per heavy atom. The summed E-state index contributed by atoms with van der Waals surface area (Å²) in [5, 5.41) is 20.4. The molecule has 2 amide bonds. The van der Waals surface area contributed by atoms with Crippen LogP contribution in [0.1, 0.15) is 0 Å². The van der Waals surface area contributed by atoms with E-state index < -0.39 is 0 Å². The molecular formula is C18H18ClN7O. The van der Waals surface area contributed by atoms with E-state index in [4.69, 9.17) is 11.6 Å². The second kappa shape index (κ2) is 9.35. The first-order chi connectivity index (χ1) is 13.2. The lowest BCUT2D eigenvalue weighted by Gasteiger charge is -2.09. The number of nitrogens with zero attached hydrogens (tertiary/aromatic N) is 3. The van der Waals surface area contributed by atoms with Gasteiger partial charge in [0.1, 0.15) is 5.82 Å². The van der Waals surface area contributed by atoms with E-state index in [1.54, 1.807) is 36.7 Å². The summed E-state index contributed by atoms with van der Waals surface area (Å²) >= 11 is 5.88. The molecule has 0 spiro atoms. The van der Waals surface area contributed by atoms with Gasteiger partial charge in [0, 0.05) is 41.9 Å². The summed E-state index contributed by atoms with van der Waals surface area (Å²) in [6.07, 6.45) is 3.39. The van der Waals surface area contributed by atoms with E-state index in [0.717, 1.165) is 5.69 Å². The SMILES string of the molecule is O=C(NCCNc1ccc(Nc2ccncc2)nn1)Nc1cccc(Cl)c1. The molecule has 0 radical (unpaired) electrons. The largest absolute Gasteiger partial charge is 0.367 e. The minimum atomic E-state index is -0.304. The Hall–Kier alpha value is -3.39. The number of rotatable bonds is 7. The van der Waals surface area contributed by atoms with E-state index in [1.165, 1.54) is 0 Å². The Bertz CT molecular complexity index is 874. The van der Waals surface area contributed by atoms with Crippen molar-refractivity contribution in [2.75, 3.05) is 29.0 Å². The van der Waals surface area contributed by atoms with Crippen molar-refractivity contribution in [1.29, 1.82) is 0 Å². The van der Waals surface area contributed by atoms with Crippen LogP contribution in [0.5, 0.6) is 0 Å². The molecule has 3 rings (SSSR count). The fourth-order valence-corrected chi connectivity index (χ4v) is 2.37. The van der Waals surface area contributed by atoms with Crippen molar-refractivity contribution in [2.24, 2.45) is 0 Å². The number of hydrogen-bond acceptors (Lipinski definition) is 6. The molecule has 0 fully saturated rings. The minimum Gasteiger partial charge on any atom is -0.367 e. The predicted octanol–water partition coefficient (Wildman–Crippen LogP) is 3.50. The number of urea groups is 1. The molecule has 138 valence electrons. The summed E-state index contributed by atoms with van der Waals surface area (Å²) in [7, 11) is 0. The van der Waals surface area contributed by atoms with Gasteiger partial charge in [0.05, 0.1) is 0 Å². The van der Waals surface area contributed by atoms with Crippen molar-refractivity contribution in [3.8, 4) is 0 Å². The number of aromatic nitrogens is 3. The number of hydrogen-bond donors (Lipinski definition) is 4. The molecule has 0 aliphatic carbocycles. The van der Waals surface area contributed by atoms with Crippen molar-refractivity contribution >= 4 is 40.6 Å². The highest BCUT2D eigenvalue weighted by molar-refractivity contribution is 6.30. The fourth-order valence-electron chi connectivity index (χ4n) is 2.18. The molecule has 0 aliphatic heterocycles. The standard InChI is InChI=1S/C18H18ClN7O/c19-13-2-1-3-15(12-13)24-18(27)22-11-10-21-16-4-5-17(26-25-16)23-14-6-8-20-9-7-14/h1-9,12H,10-11H2,(H,21,25)(H,20,23,26)(H2,22,24,27). The van der Waals surface area contributed by atoms with Crippen LogP contribution >= 0.6 is 11.6 Å². The monoisotopic (exact) mass is 383 g/mol. The van der Waals surface area contributed by atoms with Gasteiger partial charge in [-0.15, -0.1) is 10.2 Å². The average Bonchev–Trinajstić information content (AvgIpc) is 2.67. The molecule has 1 aromatic carbocycles. The predicted molar refractivity (Wildman–Crippen MR) is 107 cm³/mol. The van der Waals surface area contributed by atoms with E-state index in [0.29, 0.717) is 35.4 Å². The van der Waals surface area contributed by atoms with Crippen LogP contribution in [0.4, 0.5) is 27.8 Å². The maximum absolute atomic E-state index is 11.8. The van der Waals surface area contributed by atoms with E-state index in [-0.39, 0.29) is 6.03 Å². The van der Waals surface area contributed by atoms with Crippen molar-refractivity contribution in [1.82, 2.24) is 20.5 Å². The number of benzene rings is 1. The molecule has 3 aromatic rings. The molecular weight excluding hydrogens is 366 g/mol. The van der Waals surface area contributed by atoms with Gasteiger partial charge in [0.2, 0.25) is 0 Å². The number of nitrogens with one attached hydrogen (secondary N) is 4. The van der Waals surface area contributed by atoms with Crippen LogP contribution in [-0.2, 0) is 0 Å². The summed E-state index contributed by atoms with van der Waals surface area (Å²) < 4.78 is 0. The molecule has 0 bridgehead atoms. The molecule has 0 atom stereocenters. The second-order valence-corrected chi connectivity index (χ2v) is 5.92. The second-order valence-electron chi connectivity index (χ2n) is 5.48. The Balaban J connectivity index is 1.38. The van der Waals surface area contributed by atoms with Crippen molar-refractivity contribution in [2.45, 2.75) is 0 Å². The van der Waals surface area contributed by atoms with Crippen LogP contribution in [0.15, 0.2) is 60.9 Å². The molecule has 8 nitrogen and oxygen atoms in total. The van der Waals surface area contributed by atoms with Gasteiger partial charge in [0.15, 0.2) is 5.82 Å². The summed E-state index contributed by atoms with van der Waals surface area (Å²) in [4.78, 5) is 15.8. The van der Waals surface area contributed by atoms with Crippen LogP contribution in [0, 0.1) is 0 Å². The van der Waals surface area contributed by atoms with Gasteiger partial charge in [-0.2, -0.15) is 0 Å². The quantitative estimate of drug-likeness (QED) is 0.465. The van der Waals surface area contributed by atoms with E-state index in [2.05, 4.69) is 36.4 Å². The van der Waals surface area contributed by atoms with E-state index >= 15 is 0 Å². The first-order valence-corrected chi connectivity index (χ1v) is 8.62. The Labute approximate surface area is 161 Å². The van der Waals surface area contributed by atoms with Crippen LogP contribution < -0.4 is 21.3 Å². The third kappa shape index (κ3) is 6.12. The molecule has 27 heavy (non-hydrogen) atoms. The van der Waals surface area contributed by atoms with Crippen molar-refractivity contribution < 1.29 is 4.79 Å². The first-order valence-electron chi connectivity index (χ1n) is 8.24. The average molecular weight is 384 g/mol. The van der Waals surface area contributed by atoms with Gasteiger partial charge in [-0.25, -0.2) is 4.79 Å². The van der Waals surface area contributed by atoms with Crippen molar-refractivity contribution in [3.63, 3.8) is 0 Å². The highest BCUT2D eigenvalue weighted by Crippen LogP contribution is 2.15. The third-order valence-corrected chi connectivity index (χ3v) is 3.65. The lowest BCUT2D eigenvalue weighted by molar-refractivity contribution is 0.252. The van der Waals surface area contributed by atoms with Crippen LogP contribution in [0.3, 0.4) is 0 Å². The minimum absolute atomic E-state index is 0.304. The Morgan fingerprint density at radius 3 is 2.44 bits per heavy atom. The summed E-state index contributed by atoms with van der Waals surface area (Å²) in [5.41, 5.74) is 1.52. The van der Waals surface area contributed by atoms with Gasteiger partial charge >= 0.3 is 6.03 Å². The van der Waals surface area contributed by atoms with Crippen LogP contribution in [0.25, 0.3) is 0 Å². The van der Waals surface area contributed by atoms with Gasteiger partial charge in [-0.05, 0) is 42.5 Å². The summed E-state index contributed by atoms with van der Waals surface area (Å²) in [6.45, 7) is 0.930. The zero-order chi connectivity index (χ0) is 18.9. The molecule has 0 saturated carbocycles. The molecule has 0 saturated heterocycles. The topological polar surface area (TPSA) is 104 Å². The maximum Gasteiger partial charge on any atom is 0.319 e. The molecule has 2 aromatic heterocycles. The molecule has 2 heterocycles. The Morgan fingerprint density at radius 2 is 1.70 bits per heavy atom. The maximum atomic E-state index is 11.8. The molecule has 4 N–H and O–H groups in total. The molecule has 0 unspecified atom stereocenters. The number of halogens is 1. The third-order valence-electron chi connectivity index (χ3n) is 3.42. The van der Waals surface area contributed by atoms with Crippen LogP contribution in [-0.4, -0.2) is 34.3 Å². The summed E-state index contributed by atoms with van der Waals surface area (Å²) in [5.74, 6) is 1.25. The number of carbonyl (C=O) groups excluding carboxylic acids is 1. The van der Waals surface area contributed by atoms with Crippen LogP contribution in [0.2, 0.25) is 5.02 Å². The van der Waals surface area contributed by atoms with Crippen molar-refractivity contribution in [3.05, 3.63) is 65.9 Å². The van der Waals surface area contributed by atoms with Gasteiger partial charge in [0.25, 0.3) is 0 Å². The first kappa shape index (κ1) is 18.4. The number of pyridine rings is 1. The summed E-state index contributed by atoms with van der Waals surface area (Å²) in [6, 6.07) is 14.0. The van der Waals surface area contributed by atoms with E-state index in [1.807, 2.05) is 24.3 Å². The normalized spacial score (nSPS) is 10.1. The Kier molecular flexibility index (Phi) is 6.37. The number of amides is 2. The zero-order valence-electron chi connectivity index (χ0n) is 14.3. The van der Waals surface area contributed by atoms with Gasteiger partial charge in [-0.3, -0.25) is 4.98 Å². The lowest BCUT2D eigenvalue weighted by atomic mass is 10.3. The fraction of sp³-hybridized carbons (Fsp3) is 0.111. The van der Waals surface area contributed by atoms with E-state index in [9.17, 15) is 4.79 Å². The smallest absolute Gasteiger partial charge is 0.319 e. The zero-order valence-corrected chi connectivity index (χ0v) is 15.1. The lowest BCUT2D eigenvalue weighted by Crippen LogP contribution is -2.32. The highest BCUT2D eigenvalue weighted by Gasteiger charge is 2.02. The molecule has 0 aliphatic rings. The highest BCUT2D eigenvalue weighted by atomic mass is 35.5. The van der Waals surface area contributed by atoms with Gasteiger partial charge < -0.3 is 21.3 Å². The number of anilines is 4. The molecule has 9 heteroatoms. The number of carbonyl (C=O) groups is 1. The van der Waals surface area contributed by atoms with Gasteiger partial charge in [-0.1, -0.05) is 17.7 Å².